The molecular formula is C22H26F2N6O2. The lowest BCUT2D eigenvalue weighted by Gasteiger charge is -2.35. The number of piperidine rings is 1. The third-order valence-corrected chi connectivity index (χ3v) is 5.80. The molecule has 1 aromatic carbocycles. The van der Waals surface area contributed by atoms with Gasteiger partial charge in [0.1, 0.15) is 17.0 Å². The predicted octanol–water partition coefficient (Wildman–Crippen LogP) is 3.05. The maximum atomic E-state index is 14.8. The van der Waals surface area contributed by atoms with Crippen LogP contribution in [-0.4, -0.2) is 60.7 Å². The third kappa shape index (κ3) is 4.02. The minimum absolute atomic E-state index is 0.0458. The Morgan fingerprint density at radius 2 is 2.00 bits per heavy atom. The standard InChI is InChI=1S/C22H26F2N6O2/c1-11(2)30-12(3)26-21-15(23)7-14(8-18(21)30)20-16(24)9-25-22(28-20)27-17-5-6-29(13(4)31)10-19(17)32/h7-9,11,17,19,32H,5-6,10H2,1-4H3,(H,25,27,28)/t17-,19-/m1/s1. The molecule has 0 saturated carbocycles. The first-order valence-electron chi connectivity index (χ1n) is 10.6. The van der Waals surface area contributed by atoms with Gasteiger partial charge in [-0.15, -0.1) is 0 Å². The van der Waals surface area contributed by atoms with Crippen LogP contribution in [0, 0.1) is 18.6 Å². The topological polar surface area (TPSA) is 96.2 Å². The maximum absolute atomic E-state index is 14.8. The molecule has 32 heavy (non-hydrogen) atoms. The summed E-state index contributed by atoms with van der Waals surface area (Å²) in [4.78, 5) is 25.7. The number of hydrogen-bond donors (Lipinski definition) is 2. The number of aliphatic hydroxyl groups excluding tert-OH is 1. The highest BCUT2D eigenvalue weighted by Crippen LogP contribution is 2.30. The van der Waals surface area contributed by atoms with Crippen LogP contribution in [0.3, 0.4) is 0 Å². The minimum Gasteiger partial charge on any atom is -0.389 e. The first-order chi connectivity index (χ1) is 15.2. The lowest BCUT2D eigenvalue weighted by molar-refractivity contribution is -0.132. The fraction of sp³-hybridized carbons (Fsp3) is 0.455. The van der Waals surface area contributed by atoms with E-state index in [0.717, 1.165) is 6.20 Å². The third-order valence-electron chi connectivity index (χ3n) is 5.80. The van der Waals surface area contributed by atoms with Gasteiger partial charge in [-0.3, -0.25) is 4.79 Å². The molecule has 8 nitrogen and oxygen atoms in total. The van der Waals surface area contributed by atoms with Gasteiger partial charge in [0.15, 0.2) is 11.6 Å². The van der Waals surface area contributed by atoms with Crippen molar-refractivity contribution in [3.05, 3.63) is 35.8 Å². The lowest BCUT2D eigenvalue weighted by Crippen LogP contribution is -2.51. The van der Waals surface area contributed by atoms with E-state index in [4.69, 9.17) is 0 Å². The lowest BCUT2D eigenvalue weighted by atomic mass is 10.0. The number of nitrogens with zero attached hydrogens (tertiary/aromatic N) is 5. The van der Waals surface area contributed by atoms with Crippen LogP contribution >= 0.6 is 0 Å². The van der Waals surface area contributed by atoms with Gasteiger partial charge in [-0.1, -0.05) is 0 Å². The van der Waals surface area contributed by atoms with Crippen LogP contribution in [0.2, 0.25) is 0 Å². The number of aromatic nitrogens is 4. The highest BCUT2D eigenvalue weighted by atomic mass is 19.1. The number of rotatable bonds is 4. The molecule has 0 bridgehead atoms. The molecule has 1 fully saturated rings. The SMILES string of the molecule is CC(=O)N1CC[C@@H](Nc2ncc(F)c(-c3cc(F)c4nc(C)n(C(C)C)c4c3)n2)[C@H](O)C1. The molecule has 2 N–H and O–H groups in total. The van der Waals surface area contributed by atoms with E-state index < -0.39 is 23.8 Å². The number of imidazole rings is 1. The van der Waals surface area contributed by atoms with Crippen molar-refractivity contribution in [2.45, 2.75) is 52.3 Å². The summed E-state index contributed by atoms with van der Waals surface area (Å²) in [7, 11) is 0. The van der Waals surface area contributed by atoms with Gasteiger partial charge in [0, 0.05) is 31.6 Å². The summed E-state index contributed by atoms with van der Waals surface area (Å²) in [6.45, 7) is 7.87. The molecule has 3 heterocycles. The van der Waals surface area contributed by atoms with Gasteiger partial charge < -0.3 is 19.9 Å². The average molecular weight is 444 g/mol. The summed E-state index contributed by atoms with van der Waals surface area (Å²) in [5, 5.41) is 13.4. The Bertz CT molecular complexity index is 1180. The van der Waals surface area contributed by atoms with E-state index in [0.29, 0.717) is 24.3 Å². The number of anilines is 1. The zero-order chi connectivity index (χ0) is 23.2. The second kappa shape index (κ2) is 8.42. The van der Waals surface area contributed by atoms with Crippen molar-refractivity contribution in [2.75, 3.05) is 18.4 Å². The van der Waals surface area contributed by atoms with Crippen molar-refractivity contribution in [3.63, 3.8) is 0 Å². The van der Waals surface area contributed by atoms with Gasteiger partial charge in [0.25, 0.3) is 0 Å². The summed E-state index contributed by atoms with van der Waals surface area (Å²) in [5.41, 5.74) is 1.01. The number of fused-ring (bicyclic) bond motifs is 1. The van der Waals surface area contributed by atoms with Crippen molar-refractivity contribution in [1.82, 2.24) is 24.4 Å². The maximum Gasteiger partial charge on any atom is 0.223 e. The molecule has 1 aliphatic rings. The molecule has 10 heteroatoms. The first-order valence-corrected chi connectivity index (χ1v) is 10.6. The molecule has 1 aliphatic heterocycles. The van der Waals surface area contributed by atoms with Crippen molar-refractivity contribution in [3.8, 4) is 11.3 Å². The molecule has 3 aromatic rings. The molecule has 2 atom stereocenters. The number of amides is 1. The van der Waals surface area contributed by atoms with Crippen LogP contribution in [0.15, 0.2) is 18.3 Å². The van der Waals surface area contributed by atoms with Gasteiger partial charge in [-0.05, 0) is 39.3 Å². The molecule has 0 radical (unpaired) electrons. The van der Waals surface area contributed by atoms with Crippen molar-refractivity contribution >= 4 is 22.9 Å². The number of carbonyl (C=O) groups is 1. The summed E-state index contributed by atoms with van der Waals surface area (Å²) in [6, 6.07) is 2.54. The number of carbonyl (C=O) groups excluding carboxylic acids is 1. The number of hydrogen-bond acceptors (Lipinski definition) is 6. The second-order valence-corrected chi connectivity index (χ2v) is 8.41. The Hall–Kier alpha value is -3.14. The fourth-order valence-corrected chi connectivity index (χ4v) is 4.25. The largest absolute Gasteiger partial charge is 0.389 e. The molecule has 1 amide bonds. The van der Waals surface area contributed by atoms with E-state index >= 15 is 0 Å². The average Bonchev–Trinajstić information content (AvgIpc) is 3.07. The fourth-order valence-electron chi connectivity index (χ4n) is 4.25. The molecule has 1 saturated heterocycles. The van der Waals surface area contributed by atoms with Gasteiger partial charge in [-0.2, -0.15) is 0 Å². The highest BCUT2D eigenvalue weighted by molar-refractivity contribution is 5.83. The molecule has 2 aromatic heterocycles. The number of β-amino-alcohol motifs (C(OH)–C–C–N with tert-alkyl or cyclic N) is 1. The Labute approximate surface area is 184 Å². The molecule has 0 spiro atoms. The van der Waals surface area contributed by atoms with Crippen LogP contribution in [0.25, 0.3) is 22.3 Å². The summed E-state index contributed by atoms with van der Waals surface area (Å²) in [6.07, 6.45) is 0.695. The summed E-state index contributed by atoms with van der Waals surface area (Å²) in [5.74, 6) is -0.553. The molecule has 4 rings (SSSR count). The van der Waals surface area contributed by atoms with E-state index in [1.807, 2.05) is 18.4 Å². The zero-order valence-corrected chi connectivity index (χ0v) is 18.4. The number of benzene rings is 1. The molecule has 170 valence electrons. The van der Waals surface area contributed by atoms with Crippen molar-refractivity contribution < 1.29 is 18.7 Å². The summed E-state index contributed by atoms with van der Waals surface area (Å²) < 4.78 is 31.4. The zero-order valence-electron chi connectivity index (χ0n) is 18.4. The molecule has 0 aliphatic carbocycles. The van der Waals surface area contributed by atoms with E-state index in [-0.39, 0.29) is 41.2 Å². The quantitative estimate of drug-likeness (QED) is 0.642. The predicted molar refractivity (Wildman–Crippen MR) is 116 cm³/mol. The van der Waals surface area contributed by atoms with Gasteiger partial charge in [0.2, 0.25) is 11.9 Å². The number of aryl methyl sites for hydroxylation is 1. The van der Waals surface area contributed by atoms with Crippen LogP contribution in [0.1, 0.15) is 39.1 Å². The highest BCUT2D eigenvalue weighted by Gasteiger charge is 2.29. The first kappa shape index (κ1) is 22.1. The second-order valence-electron chi connectivity index (χ2n) is 8.41. The van der Waals surface area contributed by atoms with E-state index in [1.165, 1.54) is 13.0 Å². The molecular weight excluding hydrogens is 418 g/mol. The van der Waals surface area contributed by atoms with E-state index in [2.05, 4.69) is 20.3 Å². The van der Waals surface area contributed by atoms with Crippen LogP contribution in [0.4, 0.5) is 14.7 Å². The van der Waals surface area contributed by atoms with Gasteiger partial charge in [0.05, 0.1) is 23.9 Å². The Morgan fingerprint density at radius 1 is 1.25 bits per heavy atom. The Balaban J connectivity index is 1.67. The van der Waals surface area contributed by atoms with Crippen LogP contribution in [-0.2, 0) is 4.79 Å². The van der Waals surface area contributed by atoms with Crippen molar-refractivity contribution in [1.29, 1.82) is 0 Å². The van der Waals surface area contributed by atoms with Crippen LogP contribution in [0.5, 0.6) is 0 Å². The Morgan fingerprint density at radius 3 is 2.66 bits per heavy atom. The van der Waals surface area contributed by atoms with Gasteiger partial charge in [-0.25, -0.2) is 23.7 Å². The number of likely N-dealkylation sites (tertiary alicyclic amines) is 1. The van der Waals surface area contributed by atoms with Crippen molar-refractivity contribution in [2.24, 2.45) is 0 Å². The number of aliphatic hydroxyl groups is 1. The summed E-state index contributed by atoms with van der Waals surface area (Å²) >= 11 is 0. The van der Waals surface area contributed by atoms with E-state index in [9.17, 15) is 18.7 Å². The monoisotopic (exact) mass is 444 g/mol. The molecule has 0 unspecified atom stereocenters. The van der Waals surface area contributed by atoms with Gasteiger partial charge >= 0.3 is 0 Å². The number of nitrogens with one attached hydrogen (secondary N) is 1. The normalized spacial score (nSPS) is 19.1. The van der Waals surface area contributed by atoms with Crippen LogP contribution < -0.4 is 5.32 Å². The minimum atomic E-state index is -0.818. The Kier molecular flexibility index (Phi) is 5.81. The van der Waals surface area contributed by atoms with E-state index in [1.54, 1.807) is 17.9 Å². The smallest absolute Gasteiger partial charge is 0.223 e. The number of halogens is 2.